The summed E-state index contributed by atoms with van der Waals surface area (Å²) in [4.78, 5) is 8.18. The van der Waals surface area contributed by atoms with Gasteiger partial charge in [0.15, 0.2) is 17.3 Å². The molecule has 29 heavy (non-hydrogen) atoms. The van der Waals surface area contributed by atoms with Crippen molar-refractivity contribution in [2.75, 3.05) is 25.6 Å². The summed E-state index contributed by atoms with van der Waals surface area (Å²) in [6, 6.07) is 5.23. The van der Waals surface area contributed by atoms with E-state index in [9.17, 15) is 17.6 Å². The third-order valence-electron chi connectivity index (χ3n) is 3.79. The van der Waals surface area contributed by atoms with Crippen molar-refractivity contribution in [3.8, 4) is 11.5 Å². The molecule has 0 fully saturated rings. The molecule has 6 nitrogen and oxygen atoms in total. The fraction of sp³-hybridized carbons (Fsp3) is 0.222. The second-order valence-electron chi connectivity index (χ2n) is 5.57. The van der Waals surface area contributed by atoms with Gasteiger partial charge in [-0.1, -0.05) is 11.6 Å². The minimum Gasteiger partial charge on any atom is -0.493 e. The van der Waals surface area contributed by atoms with Gasteiger partial charge in [-0.25, -0.2) is 18.7 Å². The third-order valence-corrected chi connectivity index (χ3v) is 4.14. The zero-order valence-electron chi connectivity index (χ0n) is 14.9. The van der Waals surface area contributed by atoms with Gasteiger partial charge in [-0.3, -0.25) is 0 Å². The van der Waals surface area contributed by atoms with E-state index >= 15 is 0 Å². The Kier molecular flexibility index (Phi) is 6.55. The van der Waals surface area contributed by atoms with Gasteiger partial charge in [0.1, 0.15) is 29.6 Å². The van der Waals surface area contributed by atoms with E-state index in [4.69, 9.17) is 21.1 Å². The van der Waals surface area contributed by atoms with Crippen LogP contribution in [0.15, 0.2) is 30.6 Å². The lowest BCUT2D eigenvalue weighted by Gasteiger charge is -2.14. The van der Waals surface area contributed by atoms with Crippen molar-refractivity contribution in [1.82, 2.24) is 9.97 Å². The first-order chi connectivity index (χ1) is 13.9. The molecular formula is C18H14ClF4N3O3. The van der Waals surface area contributed by atoms with E-state index in [2.05, 4.69) is 20.0 Å². The van der Waals surface area contributed by atoms with E-state index in [-0.39, 0.29) is 30.5 Å². The first-order valence-electron chi connectivity index (χ1n) is 8.16. The maximum Gasteiger partial charge on any atom is 0.345 e. The minimum absolute atomic E-state index is 0.0972. The van der Waals surface area contributed by atoms with Crippen LogP contribution >= 0.6 is 11.6 Å². The van der Waals surface area contributed by atoms with Crippen LogP contribution in [0.5, 0.6) is 11.5 Å². The van der Waals surface area contributed by atoms with Crippen molar-refractivity contribution in [2.45, 2.75) is 6.61 Å². The Hall–Kier alpha value is -2.85. The Morgan fingerprint density at radius 1 is 1.10 bits per heavy atom. The number of alkyl halides is 2. The number of fused-ring (bicyclic) bond motifs is 1. The Balaban J connectivity index is 1.94. The van der Waals surface area contributed by atoms with Gasteiger partial charge < -0.3 is 19.5 Å². The number of rotatable bonds is 8. The number of benzene rings is 2. The van der Waals surface area contributed by atoms with E-state index in [1.807, 2.05) is 0 Å². The predicted octanol–water partition coefficient (Wildman–Crippen LogP) is 4.93. The lowest BCUT2D eigenvalue weighted by atomic mass is 10.2. The van der Waals surface area contributed by atoms with Crippen molar-refractivity contribution in [3.05, 3.63) is 47.2 Å². The smallest absolute Gasteiger partial charge is 0.345 e. The molecule has 0 aliphatic carbocycles. The SMILES string of the molecule is COc1cc2ncnc(Nc3ccc(F)c(Cl)c3F)c2cc1OCCOC(F)F. The number of halogens is 5. The van der Waals surface area contributed by atoms with Crippen molar-refractivity contribution < 1.29 is 31.8 Å². The van der Waals surface area contributed by atoms with Crippen molar-refractivity contribution >= 4 is 34.0 Å². The van der Waals surface area contributed by atoms with E-state index < -0.39 is 23.3 Å². The Labute approximate surface area is 167 Å². The fourth-order valence-electron chi connectivity index (χ4n) is 2.47. The number of hydrogen-bond acceptors (Lipinski definition) is 6. The highest BCUT2D eigenvalue weighted by atomic mass is 35.5. The van der Waals surface area contributed by atoms with Crippen LogP contribution in [0.1, 0.15) is 0 Å². The largest absolute Gasteiger partial charge is 0.493 e. The second-order valence-corrected chi connectivity index (χ2v) is 5.95. The van der Waals surface area contributed by atoms with Crippen LogP contribution in [0.25, 0.3) is 10.9 Å². The number of ether oxygens (including phenoxy) is 3. The highest BCUT2D eigenvalue weighted by molar-refractivity contribution is 6.31. The zero-order chi connectivity index (χ0) is 21.0. The van der Waals surface area contributed by atoms with Crippen molar-refractivity contribution in [2.24, 2.45) is 0 Å². The molecule has 0 atom stereocenters. The molecule has 0 saturated carbocycles. The summed E-state index contributed by atoms with van der Waals surface area (Å²) in [5.74, 6) is -1.17. The van der Waals surface area contributed by atoms with E-state index in [1.165, 1.54) is 25.6 Å². The molecule has 1 aromatic heterocycles. The van der Waals surface area contributed by atoms with Gasteiger partial charge in [-0.2, -0.15) is 8.78 Å². The van der Waals surface area contributed by atoms with Crippen LogP contribution in [-0.2, 0) is 4.74 Å². The quantitative estimate of drug-likeness (QED) is 0.310. The topological polar surface area (TPSA) is 65.5 Å². The number of methoxy groups -OCH3 is 1. The van der Waals surface area contributed by atoms with Gasteiger partial charge in [-0.05, 0) is 18.2 Å². The van der Waals surface area contributed by atoms with E-state index in [0.717, 1.165) is 6.07 Å². The van der Waals surface area contributed by atoms with Gasteiger partial charge in [0.25, 0.3) is 0 Å². The molecule has 3 aromatic rings. The van der Waals surface area contributed by atoms with Crippen LogP contribution < -0.4 is 14.8 Å². The zero-order valence-corrected chi connectivity index (χ0v) is 15.6. The molecule has 0 aliphatic heterocycles. The molecule has 2 aromatic carbocycles. The third kappa shape index (κ3) is 4.77. The molecule has 0 aliphatic rings. The Morgan fingerprint density at radius 3 is 2.62 bits per heavy atom. The summed E-state index contributed by atoms with van der Waals surface area (Å²) in [5.41, 5.74) is 0.337. The molecule has 0 radical (unpaired) electrons. The molecule has 0 spiro atoms. The molecule has 1 heterocycles. The highest BCUT2D eigenvalue weighted by Crippen LogP contribution is 2.35. The number of hydrogen-bond donors (Lipinski definition) is 1. The summed E-state index contributed by atoms with van der Waals surface area (Å²) in [6.07, 6.45) is 1.24. The van der Waals surface area contributed by atoms with E-state index in [0.29, 0.717) is 16.7 Å². The van der Waals surface area contributed by atoms with E-state index in [1.54, 1.807) is 6.07 Å². The lowest BCUT2D eigenvalue weighted by molar-refractivity contribution is -0.133. The normalized spacial score (nSPS) is 11.1. The summed E-state index contributed by atoms with van der Waals surface area (Å²) in [7, 11) is 1.40. The lowest BCUT2D eigenvalue weighted by Crippen LogP contribution is -2.10. The van der Waals surface area contributed by atoms with Gasteiger partial charge in [0.05, 0.1) is 24.9 Å². The average molecular weight is 432 g/mol. The Morgan fingerprint density at radius 2 is 1.90 bits per heavy atom. The minimum atomic E-state index is -2.90. The number of anilines is 2. The van der Waals surface area contributed by atoms with Crippen molar-refractivity contribution in [1.29, 1.82) is 0 Å². The second kappa shape index (κ2) is 9.10. The standard InChI is InChI=1S/C18H14ClF4N3O3/c1-27-13-7-12-9(6-14(13)28-4-5-29-18(22)23)17(25-8-24-12)26-11-3-2-10(20)15(19)16(11)21/h2-3,6-8,18H,4-5H2,1H3,(H,24,25,26). The van der Waals surface area contributed by atoms with Gasteiger partial charge in [0, 0.05) is 11.5 Å². The molecule has 0 amide bonds. The maximum atomic E-state index is 14.2. The summed E-state index contributed by atoms with van der Waals surface area (Å²) in [6.45, 7) is -3.40. The van der Waals surface area contributed by atoms with Crippen molar-refractivity contribution in [3.63, 3.8) is 0 Å². The van der Waals surface area contributed by atoms with Gasteiger partial charge in [0.2, 0.25) is 0 Å². The predicted molar refractivity (Wildman–Crippen MR) is 98.2 cm³/mol. The first-order valence-corrected chi connectivity index (χ1v) is 8.54. The number of nitrogens with one attached hydrogen (secondary N) is 1. The fourth-order valence-corrected chi connectivity index (χ4v) is 2.64. The molecule has 0 unspecified atom stereocenters. The van der Waals surface area contributed by atoms with Crippen LogP contribution in [0.3, 0.4) is 0 Å². The van der Waals surface area contributed by atoms with Crippen LogP contribution in [0.4, 0.5) is 29.1 Å². The summed E-state index contributed by atoms with van der Waals surface area (Å²) >= 11 is 5.60. The molecular weight excluding hydrogens is 418 g/mol. The Bertz CT molecular complexity index is 1020. The van der Waals surface area contributed by atoms with Gasteiger partial charge in [-0.15, -0.1) is 0 Å². The average Bonchev–Trinajstić information content (AvgIpc) is 2.71. The molecule has 11 heteroatoms. The van der Waals surface area contributed by atoms with Crippen LogP contribution in [-0.4, -0.2) is 36.9 Å². The molecule has 0 bridgehead atoms. The first kappa shape index (κ1) is 20.9. The van der Waals surface area contributed by atoms with Crippen LogP contribution in [0.2, 0.25) is 5.02 Å². The summed E-state index contributed by atoms with van der Waals surface area (Å²) < 4.78 is 66.5. The number of nitrogens with zero attached hydrogens (tertiary/aromatic N) is 2. The molecule has 1 N–H and O–H groups in total. The molecule has 3 rings (SSSR count). The molecule has 154 valence electrons. The van der Waals surface area contributed by atoms with Crippen LogP contribution in [0, 0.1) is 11.6 Å². The highest BCUT2D eigenvalue weighted by Gasteiger charge is 2.16. The number of aromatic nitrogens is 2. The van der Waals surface area contributed by atoms with Gasteiger partial charge >= 0.3 is 6.61 Å². The summed E-state index contributed by atoms with van der Waals surface area (Å²) in [5, 5.41) is 2.49. The maximum absolute atomic E-state index is 14.2. The monoisotopic (exact) mass is 431 g/mol. The molecule has 0 saturated heterocycles.